The van der Waals surface area contributed by atoms with Crippen molar-refractivity contribution in [1.82, 2.24) is 9.78 Å². The average molecular weight is 239 g/mol. The summed E-state index contributed by atoms with van der Waals surface area (Å²) in [5.74, 6) is 0.653. The summed E-state index contributed by atoms with van der Waals surface area (Å²) < 4.78 is 1.67. The van der Waals surface area contributed by atoms with Gasteiger partial charge < -0.3 is 10.8 Å². The molecule has 0 bridgehead atoms. The molecule has 0 amide bonds. The Kier molecular flexibility index (Phi) is 6.70. The molecule has 0 fully saturated rings. The van der Waals surface area contributed by atoms with Gasteiger partial charge >= 0.3 is 0 Å². The number of hydrogen-bond donors (Lipinski definition) is 2. The van der Waals surface area contributed by atoms with Crippen molar-refractivity contribution in [3.63, 3.8) is 0 Å². The Bertz CT molecular complexity index is 310. The smallest absolute Gasteiger partial charge is 0.122 e. The van der Waals surface area contributed by atoms with E-state index in [0.717, 1.165) is 12.1 Å². The van der Waals surface area contributed by atoms with Crippen molar-refractivity contribution < 1.29 is 5.11 Å². The molecule has 1 aromatic heterocycles. The molecule has 1 heterocycles. The lowest BCUT2D eigenvalue weighted by molar-refractivity contribution is 0.270. The van der Waals surface area contributed by atoms with Crippen molar-refractivity contribution in [2.24, 2.45) is 0 Å². The van der Waals surface area contributed by atoms with Gasteiger partial charge in [0, 0.05) is 6.07 Å². The SMILES string of the molecule is CCCCCCCCc1cc(N)n(CCO)n1. The zero-order valence-electron chi connectivity index (χ0n) is 10.9. The second kappa shape index (κ2) is 8.12. The van der Waals surface area contributed by atoms with Gasteiger partial charge in [0.25, 0.3) is 0 Å². The predicted molar refractivity (Wildman–Crippen MR) is 70.8 cm³/mol. The Morgan fingerprint density at radius 2 is 1.94 bits per heavy atom. The maximum Gasteiger partial charge on any atom is 0.122 e. The van der Waals surface area contributed by atoms with Crippen LogP contribution in [-0.2, 0) is 13.0 Å². The first kappa shape index (κ1) is 14.0. The van der Waals surface area contributed by atoms with Gasteiger partial charge in [-0.1, -0.05) is 39.0 Å². The zero-order valence-corrected chi connectivity index (χ0v) is 10.9. The number of anilines is 1. The van der Waals surface area contributed by atoms with Gasteiger partial charge in [-0.2, -0.15) is 5.10 Å². The van der Waals surface area contributed by atoms with Crippen LogP contribution in [-0.4, -0.2) is 21.5 Å². The standard InChI is InChI=1S/C13H25N3O/c1-2-3-4-5-6-7-8-12-11-13(14)16(15-12)9-10-17/h11,17H,2-10,14H2,1H3. The van der Waals surface area contributed by atoms with E-state index in [2.05, 4.69) is 12.0 Å². The van der Waals surface area contributed by atoms with Crippen molar-refractivity contribution in [1.29, 1.82) is 0 Å². The van der Waals surface area contributed by atoms with Crippen molar-refractivity contribution in [2.45, 2.75) is 58.4 Å². The van der Waals surface area contributed by atoms with Crippen molar-refractivity contribution >= 4 is 5.82 Å². The molecule has 98 valence electrons. The van der Waals surface area contributed by atoms with Crippen LogP contribution in [0.2, 0.25) is 0 Å². The van der Waals surface area contributed by atoms with E-state index in [1.54, 1.807) is 4.68 Å². The minimum Gasteiger partial charge on any atom is -0.394 e. The van der Waals surface area contributed by atoms with Crippen LogP contribution in [0.3, 0.4) is 0 Å². The normalized spacial score (nSPS) is 10.9. The van der Waals surface area contributed by atoms with Gasteiger partial charge in [-0.3, -0.25) is 0 Å². The quantitative estimate of drug-likeness (QED) is 0.650. The van der Waals surface area contributed by atoms with Gasteiger partial charge in [-0.25, -0.2) is 4.68 Å². The first-order valence-corrected chi connectivity index (χ1v) is 6.71. The number of rotatable bonds is 9. The number of aromatic nitrogens is 2. The molecule has 0 aromatic carbocycles. The number of unbranched alkanes of at least 4 members (excludes halogenated alkanes) is 5. The second-order valence-corrected chi connectivity index (χ2v) is 4.53. The number of aliphatic hydroxyl groups is 1. The molecular weight excluding hydrogens is 214 g/mol. The molecule has 0 radical (unpaired) electrons. The number of aliphatic hydroxyl groups excluding tert-OH is 1. The minimum absolute atomic E-state index is 0.0857. The molecule has 1 aromatic rings. The van der Waals surface area contributed by atoms with Crippen LogP contribution in [0.15, 0.2) is 6.07 Å². The molecule has 0 saturated carbocycles. The lowest BCUT2D eigenvalue weighted by Gasteiger charge is -2.00. The predicted octanol–water partition coefficient (Wildman–Crippen LogP) is 2.36. The number of aryl methyl sites for hydroxylation is 1. The molecule has 4 nitrogen and oxygen atoms in total. The lowest BCUT2D eigenvalue weighted by atomic mass is 10.1. The summed E-state index contributed by atoms with van der Waals surface area (Å²) in [6, 6.07) is 1.92. The summed E-state index contributed by atoms with van der Waals surface area (Å²) in [6.07, 6.45) is 8.75. The van der Waals surface area contributed by atoms with Crippen LogP contribution in [0.4, 0.5) is 5.82 Å². The van der Waals surface area contributed by atoms with Gasteiger partial charge in [0.05, 0.1) is 18.8 Å². The Morgan fingerprint density at radius 1 is 1.24 bits per heavy atom. The van der Waals surface area contributed by atoms with E-state index < -0.39 is 0 Å². The number of nitrogens with zero attached hydrogens (tertiary/aromatic N) is 2. The fraction of sp³-hybridized carbons (Fsp3) is 0.769. The van der Waals surface area contributed by atoms with Crippen molar-refractivity contribution in [2.75, 3.05) is 12.3 Å². The van der Waals surface area contributed by atoms with E-state index in [1.807, 2.05) is 6.07 Å². The van der Waals surface area contributed by atoms with Gasteiger partial charge in [0.2, 0.25) is 0 Å². The summed E-state index contributed by atoms with van der Waals surface area (Å²) in [5.41, 5.74) is 6.83. The van der Waals surface area contributed by atoms with Crippen LogP contribution < -0.4 is 5.73 Å². The molecule has 1 rings (SSSR count). The van der Waals surface area contributed by atoms with Gasteiger partial charge in [0.1, 0.15) is 5.82 Å². The van der Waals surface area contributed by atoms with E-state index >= 15 is 0 Å². The molecule has 17 heavy (non-hydrogen) atoms. The minimum atomic E-state index is 0.0857. The highest BCUT2D eigenvalue weighted by Gasteiger charge is 2.03. The van der Waals surface area contributed by atoms with E-state index in [4.69, 9.17) is 10.8 Å². The van der Waals surface area contributed by atoms with Crippen molar-refractivity contribution in [3.8, 4) is 0 Å². The molecule has 0 aliphatic heterocycles. The summed E-state index contributed by atoms with van der Waals surface area (Å²) in [6.45, 7) is 2.81. The fourth-order valence-electron chi connectivity index (χ4n) is 1.97. The highest BCUT2D eigenvalue weighted by atomic mass is 16.3. The second-order valence-electron chi connectivity index (χ2n) is 4.53. The fourth-order valence-corrected chi connectivity index (χ4v) is 1.97. The average Bonchev–Trinajstić information content (AvgIpc) is 2.65. The molecule has 0 aliphatic carbocycles. The topological polar surface area (TPSA) is 64.1 Å². The van der Waals surface area contributed by atoms with Gasteiger partial charge in [-0.15, -0.1) is 0 Å². The van der Waals surface area contributed by atoms with Crippen LogP contribution >= 0.6 is 0 Å². The van der Waals surface area contributed by atoms with Crippen LogP contribution in [0.5, 0.6) is 0 Å². The highest BCUT2D eigenvalue weighted by Crippen LogP contribution is 2.11. The summed E-state index contributed by atoms with van der Waals surface area (Å²) in [5, 5.41) is 13.2. The third kappa shape index (κ3) is 5.22. The molecule has 0 unspecified atom stereocenters. The molecule has 0 spiro atoms. The Balaban J connectivity index is 2.20. The van der Waals surface area contributed by atoms with Gasteiger partial charge in [-0.05, 0) is 12.8 Å². The third-order valence-electron chi connectivity index (χ3n) is 2.96. The monoisotopic (exact) mass is 239 g/mol. The number of nitrogens with two attached hydrogens (primary N) is 1. The largest absolute Gasteiger partial charge is 0.394 e. The molecule has 0 saturated heterocycles. The number of hydrogen-bond acceptors (Lipinski definition) is 3. The Labute approximate surface area is 104 Å². The first-order chi connectivity index (χ1) is 8.27. The molecule has 3 N–H and O–H groups in total. The van der Waals surface area contributed by atoms with Gasteiger partial charge in [0.15, 0.2) is 0 Å². The molecule has 0 atom stereocenters. The maximum atomic E-state index is 8.83. The summed E-state index contributed by atoms with van der Waals surface area (Å²) >= 11 is 0. The Morgan fingerprint density at radius 3 is 2.65 bits per heavy atom. The molecular formula is C13H25N3O. The number of nitrogen functional groups attached to an aromatic ring is 1. The maximum absolute atomic E-state index is 8.83. The van der Waals surface area contributed by atoms with E-state index in [1.165, 1.54) is 38.5 Å². The van der Waals surface area contributed by atoms with E-state index in [0.29, 0.717) is 12.4 Å². The van der Waals surface area contributed by atoms with Crippen molar-refractivity contribution in [3.05, 3.63) is 11.8 Å². The van der Waals surface area contributed by atoms with Crippen LogP contribution in [0, 0.1) is 0 Å². The Hall–Kier alpha value is -1.03. The third-order valence-corrected chi connectivity index (χ3v) is 2.96. The van der Waals surface area contributed by atoms with E-state index in [9.17, 15) is 0 Å². The summed E-state index contributed by atoms with van der Waals surface area (Å²) in [4.78, 5) is 0. The highest BCUT2D eigenvalue weighted by molar-refractivity contribution is 5.30. The molecule has 4 heteroatoms. The van der Waals surface area contributed by atoms with Crippen LogP contribution in [0.25, 0.3) is 0 Å². The first-order valence-electron chi connectivity index (χ1n) is 6.71. The van der Waals surface area contributed by atoms with E-state index in [-0.39, 0.29) is 6.61 Å². The zero-order chi connectivity index (χ0) is 12.5. The van der Waals surface area contributed by atoms with Crippen LogP contribution in [0.1, 0.15) is 51.1 Å². The summed E-state index contributed by atoms with van der Waals surface area (Å²) in [7, 11) is 0. The molecule has 0 aliphatic rings. The lowest BCUT2D eigenvalue weighted by Crippen LogP contribution is -2.07.